The molecule has 180 valence electrons. The van der Waals surface area contributed by atoms with E-state index >= 15 is 0 Å². The summed E-state index contributed by atoms with van der Waals surface area (Å²) in [5.74, 6) is 0.622. The van der Waals surface area contributed by atoms with Gasteiger partial charge in [-0.3, -0.25) is 9.36 Å². The Morgan fingerprint density at radius 1 is 1.27 bits per heavy atom. The summed E-state index contributed by atoms with van der Waals surface area (Å²) in [5, 5.41) is 11.0. The number of aliphatic hydroxyl groups excluding tert-OH is 1. The van der Waals surface area contributed by atoms with Crippen molar-refractivity contribution in [1.29, 1.82) is 0 Å². The summed E-state index contributed by atoms with van der Waals surface area (Å²) in [4.78, 5) is 20.0. The predicted octanol–water partition coefficient (Wildman–Crippen LogP) is 2.62. The fourth-order valence-electron chi connectivity index (χ4n) is 4.15. The molecular weight excluding hydrogens is 465 g/mol. The van der Waals surface area contributed by atoms with Crippen LogP contribution in [0.1, 0.15) is 18.1 Å². The Morgan fingerprint density at radius 3 is 2.64 bits per heavy atom. The number of benzene rings is 1. The van der Waals surface area contributed by atoms with Gasteiger partial charge in [0.25, 0.3) is 5.56 Å². The number of aliphatic hydroxyl groups is 1. The summed E-state index contributed by atoms with van der Waals surface area (Å²) < 4.78 is 53.5. The Morgan fingerprint density at radius 2 is 2.00 bits per heavy atom. The zero-order valence-corrected chi connectivity index (χ0v) is 18.6. The molecular formula is C21H24ClF3N4O4. The highest BCUT2D eigenvalue weighted by atomic mass is 35.5. The molecule has 33 heavy (non-hydrogen) atoms. The SMILES string of the molecule is COc1ccc([C@@H](O)CN2c3nc(N4CCOCC4)cc(=O)n3CC[C@H]2C(F)(F)F)c(Cl)c1. The van der Waals surface area contributed by atoms with Crippen molar-refractivity contribution in [1.82, 2.24) is 9.55 Å². The molecule has 8 nitrogen and oxygen atoms in total. The number of hydrogen-bond donors (Lipinski definition) is 1. The zero-order valence-electron chi connectivity index (χ0n) is 17.9. The van der Waals surface area contributed by atoms with Gasteiger partial charge >= 0.3 is 6.18 Å². The van der Waals surface area contributed by atoms with Gasteiger partial charge in [-0.25, -0.2) is 0 Å². The van der Waals surface area contributed by atoms with Crippen LogP contribution in [0.2, 0.25) is 5.02 Å². The average molecular weight is 489 g/mol. The van der Waals surface area contributed by atoms with Crippen molar-refractivity contribution in [2.75, 3.05) is 49.8 Å². The van der Waals surface area contributed by atoms with Crippen molar-refractivity contribution in [3.05, 3.63) is 45.2 Å². The number of morpholine rings is 1. The molecule has 2 aliphatic heterocycles. The lowest BCUT2D eigenvalue weighted by Crippen LogP contribution is -2.54. The first-order valence-electron chi connectivity index (χ1n) is 10.5. The monoisotopic (exact) mass is 488 g/mol. The number of alkyl halides is 3. The summed E-state index contributed by atoms with van der Waals surface area (Å²) in [5.41, 5.74) is -0.189. The summed E-state index contributed by atoms with van der Waals surface area (Å²) in [7, 11) is 1.45. The summed E-state index contributed by atoms with van der Waals surface area (Å²) in [6, 6.07) is 3.97. The number of anilines is 2. The lowest BCUT2D eigenvalue weighted by Gasteiger charge is -2.40. The number of rotatable bonds is 5. The predicted molar refractivity (Wildman–Crippen MR) is 116 cm³/mol. The highest BCUT2D eigenvalue weighted by Crippen LogP contribution is 2.36. The molecule has 2 aromatic rings. The van der Waals surface area contributed by atoms with Crippen LogP contribution >= 0.6 is 11.6 Å². The number of fused-ring (bicyclic) bond motifs is 1. The number of aromatic nitrogens is 2. The van der Waals surface area contributed by atoms with E-state index in [0.29, 0.717) is 37.9 Å². The first-order valence-corrected chi connectivity index (χ1v) is 10.9. The van der Waals surface area contributed by atoms with Gasteiger partial charge in [0.05, 0.1) is 38.0 Å². The summed E-state index contributed by atoms with van der Waals surface area (Å²) in [6.07, 6.45) is -6.27. The highest BCUT2D eigenvalue weighted by Gasteiger charge is 2.47. The topological polar surface area (TPSA) is 80.1 Å². The Balaban J connectivity index is 1.72. The Kier molecular flexibility index (Phi) is 6.73. The molecule has 4 rings (SSSR count). The van der Waals surface area contributed by atoms with E-state index in [4.69, 9.17) is 21.1 Å². The molecule has 2 atom stereocenters. The van der Waals surface area contributed by atoms with E-state index < -0.39 is 30.4 Å². The van der Waals surface area contributed by atoms with Crippen LogP contribution in [0.5, 0.6) is 5.75 Å². The maximum Gasteiger partial charge on any atom is 0.408 e. The second-order valence-corrected chi connectivity index (χ2v) is 8.31. The van der Waals surface area contributed by atoms with Crippen LogP contribution in [-0.2, 0) is 11.3 Å². The van der Waals surface area contributed by atoms with Gasteiger partial charge in [0, 0.05) is 31.3 Å². The standard InChI is InChI=1S/C21H24ClF3N4O4/c1-32-13-2-3-14(15(22)10-13)16(30)12-29-17(21(23,24)25)4-5-28-19(31)11-18(26-20(28)29)27-6-8-33-9-7-27/h2-3,10-11,16-17,30H,4-9,12H2,1H3/t16-,17-/m0/s1. The van der Waals surface area contributed by atoms with Crippen molar-refractivity contribution >= 4 is 23.4 Å². The first kappa shape index (κ1) is 23.7. The average Bonchev–Trinajstić information content (AvgIpc) is 2.79. The first-order chi connectivity index (χ1) is 15.7. The molecule has 1 aromatic heterocycles. The van der Waals surface area contributed by atoms with Crippen molar-refractivity contribution in [2.24, 2.45) is 0 Å². The Hall–Kier alpha value is -2.50. The van der Waals surface area contributed by atoms with Gasteiger partial charge in [0.15, 0.2) is 0 Å². The minimum atomic E-state index is -4.58. The van der Waals surface area contributed by atoms with Gasteiger partial charge in [0.1, 0.15) is 17.6 Å². The fourth-order valence-corrected chi connectivity index (χ4v) is 4.45. The largest absolute Gasteiger partial charge is 0.497 e. The Labute approximate surface area is 193 Å². The van der Waals surface area contributed by atoms with Gasteiger partial charge in [-0.1, -0.05) is 17.7 Å². The second-order valence-electron chi connectivity index (χ2n) is 7.91. The maximum absolute atomic E-state index is 14.0. The van der Waals surface area contributed by atoms with E-state index in [2.05, 4.69) is 4.98 Å². The van der Waals surface area contributed by atoms with Crippen molar-refractivity contribution in [3.8, 4) is 5.75 Å². The van der Waals surface area contributed by atoms with Gasteiger partial charge < -0.3 is 24.4 Å². The van der Waals surface area contributed by atoms with Crippen LogP contribution in [0.25, 0.3) is 0 Å². The molecule has 1 saturated heterocycles. The quantitative estimate of drug-likeness (QED) is 0.693. The Bertz CT molecular complexity index is 1060. The molecule has 0 unspecified atom stereocenters. The number of hydrogen-bond acceptors (Lipinski definition) is 7. The van der Waals surface area contributed by atoms with Crippen molar-refractivity contribution in [3.63, 3.8) is 0 Å². The molecule has 3 heterocycles. The van der Waals surface area contributed by atoms with Crippen LogP contribution in [0, 0.1) is 0 Å². The molecule has 12 heteroatoms. The van der Waals surface area contributed by atoms with E-state index in [0.717, 1.165) is 4.90 Å². The number of nitrogens with zero attached hydrogens (tertiary/aromatic N) is 4. The number of methoxy groups -OCH3 is 1. The van der Waals surface area contributed by atoms with Crippen molar-refractivity contribution < 1.29 is 27.8 Å². The maximum atomic E-state index is 14.0. The van der Waals surface area contributed by atoms with E-state index in [-0.39, 0.29) is 29.5 Å². The highest BCUT2D eigenvalue weighted by molar-refractivity contribution is 6.31. The zero-order chi connectivity index (χ0) is 23.8. The molecule has 0 bridgehead atoms. The van der Waals surface area contributed by atoms with E-state index in [1.165, 1.54) is 29.9 Å². The molecule has 0 aliphatic carbocycles. The van der Waals surface area contributed by atoms with Crippen LogP contribution in [-0.4, -0.2) is 66.8 Å². The third kappa shape index (κ3) is 4.90. The van der Waals surface area contributed by atoms with Gasteiger partial charge in [-0.15, -0.1) is 0 Å². The molecule has 2 aliphatic rings. The second kappa shape index (κ2) is 9.40. The minimum absolute atomic E-state index is 0.120. The van der Waals surface area contributed by atoms with Gasteiger partial charge in [0.2, 0.25) is 5.95 Å². The minimum Gasteiger partial charge on any atom is -0.497 e. The summed E-state index contributed by atoms with van der Waals surface area (Å²) >= 11 is 6.23. The normalized spacial score (nSPS) is 19.9. The number of β-amino-alcohol motifs (C(OH)–C–C–N with tert-alkyl or cyclic N) is 1. The molecule has 1 aromatic carbocycles. The van der Waals surface area contributed by atoms with E-state index in [1.54, 1.807) is 11.0 Å². The van der Waals surface area contributed by atoms with Crippen molar-refractivity contribution in [2.45, 2.75) is 31.3 Å². The third-order valence-corrected chi connectivity index (χ3v) is 6.21. The smallest absolute Gasteiger partial charge is 0.408 e. The number of halogens is 4. The molecule has 0 radical (unpaired) electrons. The van der Waals surface area contributed by atoms with Gasteiger partial charge in [-0.2, -0.15) is 18.2 Å². The number of ether oxygens (including phenoxy) is 2. The molecule has 0 saturated carbocycles. The van der Waals surface area contributed by atoms with Crippen LogP contribution in [0.15, 0.2) is 29.1 Å². The lowest BCUT2D eigenvalue weighted by atomic mass is 10.1. The lowest BCUT2D eigenvalue weighted by molar-refractivity contribution is -0.153. The van der Waals surface area contributed by atoms with Crippen LogP contribution < -0.4 is 20.1 Å². The van der Waals surface area contributed by atoms with Crippen LogP contribution in [0.3, 0.4) is 0 Å². The van der Waals surface area contributed by atoms with Crippen LogP contribution in [0.4, 0.5) is 24.9 Å². The molecule has 0 amide bonds. The fraction of sp³-hybridized carbons (Fsp3) is 0.524. The summed E-state index contributed by atoms with van der Waals surface area (Å²) in [6.45, 7) is 1.25. The van der Waals surface area contributed by atoms with E-state index in [1.807, 2.05) is 0 Å². The molecule has 1 fully saturated rings. The van der Waals surface area contributed by atoms with Gasteiger partial charge in [-0.05, 0) is 18.6 Å². The molecule has 1 N–H and O–H groups in total. The molecule has 0 spiro atoms. The third-order valence-electron chi connectivity index (χ3n) is 5.88. The van der Waals surface area contributed by atoms with E-state index in [9.17, 15) is 23.1 Å².